The van der Waals surface area contributed by atoms with Crippen LogP contribution in [0.1, 0.15) is 29.5 Å². The van der Waals surface area contributed by atoms with Gasteiger partial charge in [0.25, 0.3) is 0 Å². The van der Waals surface area contributed by atoms with Crippen LogP contribution in [0.15, 0.2) is 78.0 Å². The van der Waals surface area contributed by atoms with Crippen molar-refractivity contribution >= 4 is 39.1 Å². The Kier molecular flexibility index (Phi) is 8.07. The zero-order chi connectivity index (χ0) is 22.9. The van der Waals surface area contributed by atoms with E-state index in [9.17, 15) is 9.59 Å². The fourth-order valence-corrected chi connectivity index (χ4v) is 5.24. The van der Waals surface area contributed by atoms with Gasteiger partial charge in [0.15, 0.2) is 0 Å². The number of benzene rings is 2. The number of hydrogen-bond donors (Lipinski definition) is 1. The maximum atomic E-state index is 13.1. The maximum absolute atomic E-state index is 13.1. The minimum absolute atomic E-state index is 0.0404. The SMILES string of the molecule is O=C(CCSSc1ccccn1)NCCC(=O)N1Cc2ccccc2C#Cc2ccccc21. The molecule has 166 valence electrons. The highest BCUT2D eigenvalue weighted by Crippen LogP contribution is 2.29. The van der Waals surface area contributed by atoms with Crippen molar-refractivity contribution in [3.05, 3.63) is 89.6 Å². The highest BCUT2D eigenvalue weighted by molar-refractivity contribution is 8.76. The molecule has 0 aliphatic carbocycles. The number of aromatic nitrogens is 1. The number of pyridine rings is 1. The summed E-state index contributed by atoms with van der Waals surface area (Å²) < 4.78 is 0. The smallest absolute Gasteiger partial charge is 0.229 e. The van der Waals surface area contributed by atoms with Crippen molar-refractivity contribution in [1.82, 2.24) is 10.3 Å². The van der Waals surface area contributed by atoms with E-state index in [0.717, 1.165) is 27.4 Å². The normalized spacial score (nSPS) is 11.8. The molecule has 7 heteroatoms. The number of amides is 2. The van der Waals surface area contributed by atoms with E-state index in [1.165, 1.54) is 0 Å². The lowest BCUT2D eigenvalue weighted by Crippen LogP contribution is -2.35. The van der Waals surface area contributed by atoms with E-state index < -0.39 is 0 Å². The van der Waals surface area contributed by atoms with E-state index in [0.29, 0.717) is 25.3 Å². The van der Waals surface area contributed by atoms with Gasteiger partial charge in [0.2, 0.25) is 11.8 Å². The number of nitrogens with one attached hydrogen (secondary N) is 1. The number of carbonyl (C=O) groups is 2. The zero-order valence-electron chi connectivity index (χ0n) is 18.0. The Morgan fingerprint density at radius 1 is 0.939 bits per heavy atom. The van der Waals surface area contributed by atoms with Gasteiger partial charge in [0.1, 0.15) is 5.03 Å². The molecule has 33 heavy (non-hydrogen) atoms. The van der Waals surface area contributed by atoms with Crippen LogP contribution in [-0.4, -0.2) is 29.1 Å². The molecule has 2 amide bonds. The first-order valence-electron chi connectivity index (χ1n) is 10.7. The summed E-state index contributed by atoms with van der Waals surface area (Å²) in [4.78, 5) is 31.3. The second-order valence-corrected chi connectivity index (χ2v) is 9.76. The number of carbonyl (C=O) groups excluding carboxylic acids is 2. The summed E-state index contributed by atoms with van der Waals surface area (Å²) >= 11 is 0. The van der Waals surface area contributed by atoms with Crippen LogP contribution >= 0.6 is 21.6 Å². The highest BCUT2D eigenvalue weighted by Gasteiger charge is 2.21. The van der Waals surface area contributed by atoms with Crippen LogP contribution in [0, 0.1) is 11.8 Å². The number of para-hydroxylation sites is 1. The first kappa shape index (κ1) is 23.0. The third kappa shape index (κ3) is 6.41. The van der Waals surface area contributed by atoms with E-state index in [4.69, 9.17) is 0 Å². The first-order valence-corrected chi connectivity index (χ1v) is 13.0. The van der Waals surface area contributed by atoms with Gasteiger partial charge < -0.3 is 10.2 Å². The molecule has 4 rings (SSSR count). The maximum Gasteiger partial charge on any atom is 0.229 e. The Morgan fingerprint density at radius 3 is 2.55 bits per heavy atom. The molecule has 1 aliphatic heterocycles. The second kappa shape index (κ2) is 11.6. The van der Waals surface area contributed by atoms with Gasteiger partial charge in [-0.1, -0.05) is 59.0 Å². The van der Waals surface area contributed by atoms with Gasteiger partial charge in [-0.3, -0.25) is 9.59 Å². The van der Waals surface area contributed by atoms with Gasteiger partial charge in [-0.15, -0.1) is 0 Å². The predicted molar refractivity (Wildman–Crippen MR) is 135 cm³/mol. The van der Waals surface area contributed by atoms with Gasteiger partial charge in [-0.2, -0.15) is 0 Å². The summed E-state index contributed by atoms with van der Waals surface area (Å²) in [6, 6.07) is 21.3. The molecular weight excluding hydrogens is 450 g/mol. The van der Waals surface area contributed by atoms with Gasteiger partial charge >= 0.3 is 0 Å². The molecule has 0 fully saturated rings. The molecule has 5 nitrogen and oxygen atoms in total. The van der Waals surface area contributed by atoms with E-state index in [2.05, 4.69) is 22.1 Å². The average Bonchev–Trinajstić information content (AvgIpc) is 2.84. The topological polar surface area (TPSA) is 62.3 Å². The summed E-state index contributed by atoms with van der Waals surface area (Å²) in [6.07, 6.45) is 2.38. The third-order valence-electron chi connectivity index (χ3n) is 5.03. The van der Waals surface area contributed by atoms with E-state index >= 15 is 0 Å². The van der Waals surface area contributed by atoms with Crippen molar-refractivity contribution in [3.8, 4) is 11.8 Å². The van der Waals surface area contributed by atoms with Crippen molar-refractivity contribution in [1.29, 1.82) is 0 Å². The van der Waals surface area contributed by atoms with Crippen molar-refractivity contribution in [3.63, 3.8) is 0 Å². The van der Waals surface area contributed by atoms with Crippen LogP contribution in [0.3, 0.4) is 0 Å². The summed E-state index contributed by atoms with van der Waals surface area (Å²) in [5, 5.41) is 3.79. The largest absolute Gasteiger partial charge is 0.356 e. The van der Waals surface area contributed by atoms with E-state index in [1.807, 2.05) is 66.7 Å². The number of rotatable bonds is 8. The van der Waals surface area contributed by atoms with Crippen LogP contribution in [-0.2, 0) is 16.1 Å². The predicted octanol–water partition coefficient (Wildman–Crippen LogP) is 4.66. The monoisotopic (exact) mass is 473 g/mol. The zero-order valence-corrected chi connectivity index (χ0v) is 19.6. The molecule has 0 radical (unpaired) electrons. The third-order valence-corrected chi connectivity index (χ3v) is 7.30. The lowest BCUT2D eigenvalue weighted by Gasteiger charge is -2.26. The highest BCUT2D eigenvalue weighted by atomic mass is 33.1. The van der Waals surface area contributed by atoms with Crippen LogP contribution in [0.5, 0.6) is 0 Å². The minimum Gasteiger partial charge on any atom is -0.356 e. The molecule has 0 atom stereocenters. The molecule has 0 bridgehead atoms. The first-order chi connectivity index (χ1) is 16.2. The number of anilines is 1. The molecule has 0 saturated carbocycles. The Bertz CT molecular complexity index is 1190. The summed E-state index contributed by atoms with van der Waals surface area (Å²) in [7, 11) is 3.15. The van der Waals surface area contributed by atoms with E-state index in [1.54, 1.807) is 32.7 Å². The molecule has 1 aromatic heterocycles. The van der Waals surface area contributed by atoms with Gasteiger partial charge in [-0.05, 0) is 46.7 Å². The van der Waals surface area contributed by atoms with Gasteiger partial charge in [-0.25, -0.2) is 4.98 Å². The lowest BCUT2D eigenvalue weighted by molar-refractivity contribution is -0.121. The van der Waals surface area contributed by atoms with Crippen LogP contribution in [0.4, 0.5) is 5.69 Å². The van der Waals surface area contributed by atoms with E-state index in [-0.39, 0.29) is 18.2 Å². The Morgan fingerprint density at radius 2 is 1.70 bits per heavy atom. The molecule has 1 N–H and O–H groups in total. The fourth-order valence-electron chi connectivity index (χ4n) is 3.37. The molecule has 2 aromatic carbocycles. The Labute approximate surface area is 201 Å². The Balaban J connectivity index is 1.30. The van der Waals surface area contributed by atoms with Crippen LogP contribution < -0.4 is 10.2 Å². The van der Waals surface area contributed by atoms with Crippen molar-refractivity contribution in [2.45, 2.75) is 24.4 Å². The van der Waals surface area contributed by atoms with Crippen molar-refractivity contribution in [2.24, 2.45) is 0 Å². The number of nitrogens with zero attached hydrogens (tertiary/aromatic N) is 2. The second-order valence-electron chi connectivity index (χ2n) is 7.33. The van der Waals surface area contributed by atoms with Gasteiger partial charge in [0, 0.05) is 42.5 Å². The Hall–Kier alpha value is -3.21. The molecule has 1 aliphatic rings. The molecule has 0 unspecified atom stereocenters. The number of hydrogen-bond acceptors (Lipinski definition) is 5. The average molecular weight is 474 g/mol. The molecule has 3 aromatic rings. The fraction of sp³-hybridized carbons (Fsp3) is 0.192. The van der Waals surface area contributed by atoms with Crippen molar-refractivity contribution < 1.29 is 9.59 Å². The van der Waals surface area contributed by atoms with Gasteiger partial charge in [0.05, 0.1) is 12.2 Å². The van der Waals surface area contributed by atoms with Crippen LogP contribution in [0.2, 0.25) is 0 Å². The molecule has 0 spiro atoms. The summed E-state index contributed by atoms with van der Waals surface area (Å²) in [6.45, 7) is 0.762. The van der Waals surface area contributed by atoms with Crippen LogP contribution in [0.25, 0.3) is 0 Å². The minimum atomic E-state index is -0.0544. The summed E-state index contributed by atoms with van der Waals surface area (Å²) in [5.74, 6) is 7.00. The molecular formula is C26H23N3O2S2. The summed E-state index contributed by atoms with van der Waals surface area (Å²) in [5.41, 5.74) is 3.57. The standard InChI is InChI=1S/C26H23N3O2S2/c30-24(15-18-32-33-25-11-5-6-16-28-25)27-17-14-26(31)29-19-22-9-2-1-7-20(22)12-13-21-8-3-4-10-23(21)29/h1-11,16H,14-15,17-19H2,(H,27,30). The quantitative estimate of drug-likeness (QED) is 0.293. The molecule has 0 saturated heterocycles. The number of fused-ring (bicyclic) bond motifs is 2. The molecule has 2 heterocycles. The lowest BCUT2D eigenvalue weighted by atomic mass is 10.0. The van der Waals surface area contributed by atoms with Crippen molar-refractivity contribution in [2.75, 3.05) is 17.2 Å².